The maximum Gasteiger partial charge on any atom is 0.242 e. The van der Waals surface area contributed by atoms with Crippen molar-refractivity contribution in [2.45, 2.75) is 25.2 Å². The molecule has 1 rings (SSSR count). The molecule has 0 radical (unpaired) electrons. The van der Waals surface area contributed by atoms with Gasteiger partial charge in [-0.1, -0.05) is 13.8 Å². The van der Waals surface area contributed by atoms with E-state index < -0.39 is 10.0 Å². The highest BCUT2D eigenvalue weighted by Crippen LogP contribution is 2.18. The number of benzene rings is 1. The zero-order valence-corrected chi connectivity index (χ0v) is 13.2. The summed E-state index contributed by atoms with van der Waals surface area (Å²) in [4.78, 5) is 0.293. The van der Waals surface area contributed by atoms with Crippen LogP contribution in [0.25, 0.3) is 0 Å². The van der Waals surface area contributed by atoms with Gasteiger partial charge in [-0.25, -0.2) is 12.7 Å². The quantitative estimate of drug-likeness (QED) is 0.705. The van der Waals surface area contributed by atoms with Crippen molar-refractivity contribution >= 4 is 10.0 Å². The predicted octanol–water partition coefficient (Wildman–Crippen LogP) is 1.71. The molecule has 0 aromatic heterocycles. The first-order chi connectivity index (χ1) is 9.52. The van der Waals surface area contributed by atoms with Gasteiger partial charge in [0, 0.05) is 13.6 Å². The summed E-state index contributed by atoms with van der Waals surface area (Å²) >= 11 is 0. The molecular weight excluding hydrogens is 276 g/mol. The Bertz CT molecular complexity index is 486. The van der Waals surface area contributed by atoms with Crippen molar-refractivity contribution in [1.29, 1.82) is 0 Å². The second-order valence-electron chi connectivity index (χ2n) is 4.45. The SMILES string of the molecule is CCNCCCOc1ccc(S(=O)(=O)N(C)CC)cc1. The number of nitrogens with zero attached hydrogens (tertiary/aromatic N) is 1. The molecule has 0 heterocycles. The first-order valence-electron chi connectivity index (χ1n) is 6.92. The summed E-state index contributed by atoms with van der Waals surface area (Å²) in [6.45, 7) is 6.81. The van der Waals surface area contributed by atoms with Crippen LogP contribution in [0.5, 0.6) is 5.75 Å². The van der Waals surface area contributed by atoms with Crippen LogP contribution >= 0.6 is 0 Å². The highest BCUT2D eigenvalue weighted by molar-refractivity contribution is 7.89. The van der Waals surface area contributed by atoms with E-state index >= 15 is 0 Å². The molecule has 0 atom stereocenters. The second-order valence-corrected chi connectivity index (χ2v) is 6.49. The third-order valence-electron chi connectivity index (χ3n) is 2.99. The first-order valence-corrected chi connectivity index (χ1v) is 8.36. The maximum absolute atomic E-state index is 12.1. The summed E-state index contributed by atoms with van der Waals surface area (Å²) in [6.07, 6.45) is 0.923. The molecule has 0 aliphatic carbocycles. The third-order valence-corrected chi connectivity index (χ3v) is 4.94. The van der Waals surface area contributed by atoms with Gasteiger partial charge in [0.25, 0.3) is 0 Å². The molecule has 0 saturated carbocycles. The van der Waals surface area contributed by atoms with E-state index in [2.05, 4.69) is 12.2 Å². The molecule has 114 valence electrons. The summed E-state index contributed by atoms with van der Waals surface area (Å²) in [5.41, 5.74) is 0. The zero-order chi connectivity index (χ0) is 15.0. The molecule has 0 amide bonds. The van der Waals surface area contributed by atoms with E-state index in [4.69, 9.17) is 4.74 Å². The van der Waals surface area contributed by atoms with Gasteiger partial charge in [-0.3, -0.25) is 0 Å². The topological polar surface area (TPSA) is 58.6 Å². The van der Waals surface area contributed by atoms with Crippen LogP contribution in [0, 0.1) is 0 Å². The lowest BCUT2D eigenvalue weighted by Gasteiger charge is -2.15. The van der Waals surface area contributed by atoms with Crippen LogP contribution in [0.15, 0.2) is 29.2 Å². The molecule has 0 aliphatic heterocycles. The first kappa shape index (κ1) is 16.9. The van der Waals surface area contributed by atoms with Crippen LogP contribution in [0.3, 0.4) is 0 Å². The van der Waals surface area contributed by atoms with Crippen molar-refractivity contribution in [3.63, 3.8) is 0 Å². The van der Waals surface area contributed by atoms with Gasteiger partial charge in [-0.15, -0.1) is 0 Å². The number of ether oxygens (including phenoxy) is 1. The number of sulfonamides is 1. The minimum Gasteiger partial charge on any atom is -0.494 e. The number of nitrogens with one attached hydrogen (secondary N) is 1. The Morgan fingerprint density at radius 1 is 1.20 bits per heavy atom. The number of hydrogen-bond donors (Lipinski definition) is 1. The summed E-state index contributed by atoms with van der Waals surface area (Å²) in [5.74, 6) is 0.694. The highest BCUT2D eigenvalue weighted by atomic mass is 32.2. The standard InChI is InChI=1S/C14H24N2O3S/c1-4-15-11-6-12-19-13-7-9-14(10-8-13)20(17,18)16(3)5-2/h7-10,15H,4-6,11-12H2,1-3H3. The van der Waals surface area contributed by atoms with E-state index in [1.807, 2.05) is 0 Å². The molecule has 0 spiro atoms. The molecule has 1 aromatic rings. The Morgan fingerprint density at radius 2 is 1.85 bits per heavy atom. The maximum atomic E-state index is 12.1. The summed E-state index contributed by atoms with van der Waals surface area (Å²) in [6, 6.07) is 6.56. The lowest BCUT2D eigenvalue weighted by molar-refractivity contribution is 0.308. The lowest BCUT2D eigenvalue weighted by Crippen LogP contribution is -2.26. The Labute approximate surface area is 122 Å². The monoisotopic (exact) mass is 300 g/mol. The average molecular weight is 300 g/mol. The normalized spacial score (nSPS) is 11.8. The molecule has 1 aromatic carbocycles. The Hall–Kier alpha value is -1.11. The van der Waals surface area contributed by atoms with Crippen molar-refractivity contribution in [3.05, 3.63) is 24.3 Å². The van der Waals surface area contributed by atoms with Crippen molar-refractivity contribution in [1.82, 2.24) is 9.62 Å². The fourth-order valence-corrected chi connectivity index (χ4v) is 2.80. The largest absolute Gasteiger partial charge is 0.494 e. The smallest absolute Gasteiger partial charge is 0.242 e. The summed E-state index contributed by atoms with van der Waals surface area (Å²) < 4.78 is 31.0. The summed E-state index contributed by atoms with van der Waals surface area (Å²) in [5, 5.41) is 3.22. The van der Waals surface area contributed by atoms with Gasteiger partial charge in [-0.2, -0.15) is 0 Å². The van der Waals surface area contributed by atoms with Crippen molar-refractivity contribution in [3.8, 4) is 5.75 Å². The van der Waals surface area contributed by atoms with Crippen LogP contribution in [-0.4, -0.2) is 46.0 Å². The van der Waals surface area contributed by atoms with Crippen molar-refractivity contribution < 1.29 is 13.2 Å². The molecule has 5 nitrogen and oxygen atoms in total. The fourth-order valence-electron chi connectivity index (χ4n) is 1.62. The van der Waals surface area contributed by atoms with E-state index in [-0.39, 0.29) is 0 Å². The molecule has 20 heavy (non-hydrogen) atoms. The molecule has 6 heteroatoms. The van der Waals surface area contributed by atoms with E-state index in [1.54, 1.807) is 38.2 Å². The van der Waals surface area contributed by atoms with Gasteiger partial charge in [0.05, 0.1) is 11.5 Å². The van der Waals surface area contributed by atoms with Crippen molar-refractivity contribution in [2.24, 2.45) is 0 Å². The van der Waals surface area contributed by atoms with Crippen LogP contribution in [0.1, 0.15) is 20.3 Å². The van der Waals surface area contributed by atoms with E-state index in [1.165, 1.54) is 4.31 Å². The Morgan fingerprint density at radius 3 is 2.40 bits per heavy atom. The van der Waals surface area contributed by atoms with Gasteiger partial charge in [-0.05, 0) is 43.8 Å². The second kappa shape index (κ2) is 8.24. The van der Waals surface area contributed by atoms with E-state index in [0.717, 1.165) is 19.5 Å². The highest BCUT2D eigenvalue weighted by Gasteiger charge is 2.18. The van der Waals surface area contributed by atoms with Crippen LogP contribution in [-0.2, 0) is 10.0 Å². The third kappa shape index (κ3) is 4.77. The van der Waals surface area contributed by atoms with Gasteiger partial charge in [0.2, 0.25) is 10.0 Å². The number of hydrogen-bond acceptors (Lipinski definition) is 4. The molecular formula is C14H24N2O3S. The van der Waals surface area contributed by atoms with Gasteiger partial charge < -0.3 is 10.1 Å². The number of rotatable bonds is 9. The fraction of sp³-hybridized carbons (Fsp3) is 0.571. The molecule has 0 fully saturated rings. The Balaban J connectivity index is 2.56. The van der Waals surface area contributed by atoms with Crippen molar-refractivity contribution in [2.75, 3.05) is 33.3 Å². The minimum absolute atomic E-state index is 0.293. The Kier molecular flexibility index (Phi) is 6.98. The molecule has 0 unspecified atom stereocenters. The minimum atomic E-state index is -3.37. The van der Waals surface area contributed by atoms with E-state index in [0.29, 0.717) is 23.8 Å². The molecule has 0 saturated heterocycles. The van der Waals surface area contributed by atoms with Crippen LogP contribution in [0.2, 0.25) is 0 Å². The molecule has 1 N–H and O–H groups in total. The molecule has 0 aliphatic rings. The summed E-state index contributed by atoms with van der Waals surface area (Å²) in [7, 11) is -1.80. The molecule has 0 bridgehead atoms. The van der Waals surface area contributed by atoms with Gasteiger partial charge in [0.1, 0.15) is 5.75 Å². The van der Waals surface area contributed by atoms with Crippen LogP contribution in [0.4, 0.5) is 0 Å². The lowest BCUT2D eigenvalue weighted by atomic mass is 10.3. The van der Waals surface area contributed by atoms with Crippen LogP contribution < -0.4 is 10.1 Å². The van der Waals surface area contributed by atoms with Gasteiger partial charge in [0.15, 0.2) is 0 Å². The van der Waals surface area contributed by atoms with E-state index in [9.17, 15) is 8.42 Å². The van der Waals surface area contributed by atoms with Gasteiger partial charge >= 0.3 is 0 Å². The zero-order valence-electron chi connectivity index (χ0n) is 12.4. The average Bonchev–Trinajstić information content (AvgIpc) is 2.46. The predicted molar refractivity (Wildman–Crippen MR) is 80.6 cm³/mol.